The molecule has 138 valence electrons. The minimum Gasteiger partial charge on any atom is -0.444 e. The normalized spacial score (nSPS) is 15.8. The number of carbonyl (C=O) groups is 2. The van der Waals surface area contributed by atoms with Gasteiger partial charge in [0, 0.05) is 43.4 Å². The van der Waals surface area contributed by atoms with Crippen LogP contribution >= 0.6 is 11.6 Å². The van der Waals surface area contributed by atoms with Gasteiger partial charge in [-0.2, -0.15) is 0 Å². The molecule has 0 radical (unpaired) electrons. The molecule has 1 aromatic rings. The van der Waals surface area contributed by atoms with E-state index in [2.05, 4.69) is 10.2 Å². The van der Waals surface area contributed by atoms with Crippen LogP contribution in [0.25, 0.3) is 0 Å². The van der Waals surface area contributed by atoms with Crippen LogP contribution in [0, 0.1) is 0 Å². The van der Waals surface area contributed by atoms with Crippen LogP contribution in [-0.2, 0) is 11.3 Å². The maximum Gasteiger partial charge on any atom is 0.410 e. The molecule has 25 heavy (non-hydrogen) atoms. The van der Waals surface area contributed by atoms with E-state index >= 15 is 0 Å². The van der Waals surface area contributed by atoms with Gasteiger partial charge < -0.3 is 20.7 Å². The maximum atomic E-state index is 12.1. The monoisotopic (exact) mass is 368 g/mol. The highest BCUT2D eigenvalue weighted by molar-refractivity contribution is 6.30. The van der Waals surface area contributed by atoms with Crippen molar-refractivity contribution in [1.82, 2.24) is 9.80 Å². The van der Waals surface area contributed by atoms with Crippen LogP contribution < -0.4 is 11.1 Å². The van der Waals surface area contributed by atoms with Crippen LogP contribution in [0.15, 0.2) is 18.2 Å². The number of rotatable bonds is 3. The van der Waals surface area contributed by atoms with E-state index < -0.39 is 11.6 Å². The lowest BCUT2D eigenvalue weighted by Crippen LogP contribution is -2.49. The van der Waals surface area contributed by atoms with Crippen molar-refractivity contribution in [3.63, 3.8) is 0 Å². The Labute approximate surface area is 153 Å². The molecular formula is C17H25ClN4O3. The van der Waals surface area contributed by atoms with Gasteiger partial charge in [0.25, 0.3) is 0 Å². The fraction of sp³-hybridized carbons (Fsp3) is 0.529. The number of carbonyl (C=O) groups excluding carboxylic acids is 2. The Morgan fingerprint density at radius 1 is 1.24 bits per heavy atom. The number of primary amides is 1. The van der Waals surface area contributed by atoms with Crippen LogP contribution in [-0.4, -0.2) is 53.7 Å². The fourth-order valence-corrected chi connectivity index (χ4v) is 2.80. The summed E-state index contributed by atoms with van der Waals surface area (Å²) in [5.41, 5.74) is 6.25. The lowest BCUT2D eigenvalue weighted by Gasteiger charge is -2.35. The summed E-state index contributed by atoms with van der Waals surface area (Å²) >= 11 is 6.07. The SMILES string of the molecule is CC(C)(C)OC(=O)N1CCN(Cc2cc(Cl)ccc2NC(N)=O)CC1. The molecule has 3 amide bonds. The molecule has 1 aliphatic rings. The van der Waals surface area contributed by atoms with Gasteiger partial charge in [0.15, 0.2) is 0 Å². The van der Waals surface area contributed by atoms with Gasteiger partial charge in [-0.1, -0.05) is 11.6 Å². The number of piperazine rings is 1. The zero-order chi connectivity index (χ0) is 18.6. The lowest BCUT2D eigenvalue weighted by molar-refractivity contribution is 0.0139. The fourth-order valence-electron chi connectivity index (χ4n) is 2.60. The number of nitrogens with zero attached hydrogens (tertiary/aromatic N) is 2. The number of ether oxygens (including phenoxy) is 1. The quantitative estimate of drug-likeness (QED) is 0.858. The Balaban J connectivity index is 1.95. The highest BCUT2D eigenvalue weighted by atomic mass is 35.5. The summed E-state index contributed by atoms with van der Waals surface area (Å²) in [4.78, 5) is 27.1. The third-order valence-electron chi connectivity index (χ3n) is 3.74. The molecule has 7 nitrogen and oxygen atoms in total. The van der Waals surface area contributed by atoms with Crippen molar-refractivity contribution in [1.29, 1.82) is 0 Å². The van der Waals surface area contributed by atoms with E-state index in [9.17, 15) is 9.59 Å². The van der Waals surface area contributed by atoms with E-state index in [1.54, 1.807) is 17.0 Å². The number of urea groups is 1. The largest absolute Gasteiger partial charge is 0.444 e. The summed E-state index contributed by atoms with van der Waals surface area (Å²) in [6, 6.07) is 4.64. The summed E-state index contributed by atoms with van der Waals surface area (Å²) in [5.74, 6) is 0. The van der Waals surface area contributed by atoms with Gasteiger partial charge in [0.05, 0.1) is 0 Å². The number of hydrogen-bond acceptors (Lipinski definition) is 4. The Morgan fingerprint density at radius 3 is 2.44 bits per heavy atom. The van der Waals surface area contributed by atoms with Crippen molar-refractivity contribution in [3.8, 4) is 0 Å². The molecule has 1 fully saturated rings. The first-order valence-electron chi connectivity index (χ1n) is 8.19. The Morgan fingerprint density at radius 2 is 1.88 bits per heavy atom. The number of benzene rings is 1. The third-order valence-corrected chi connectivity index (χ3v) is 3.98. The molecule has 1 aromatic carbocycles. The minimum absolute atomic E-state index is 0.286. The molecule has 0 aromatic heterocycles. The van der Waals surface area contributed by atoms with E-state index in [-0.39, 0.29) is 6.09 Å². The molecule has 0 aliphatic carbocycles. The van der Waals surface area contributed by atoms with E-state index in [4.69, 9.17) is 22.1 Å². The van der Waals surface area contributed by atoms with Gasteiger partial charge in [-0.3, -0.25) is 4.90 Å². The summed E-state index contributed by atoms with van der Waals surface area (Å²) < 4.78 is 5.40. The maximum absolute atomic E-state index is 12.1. The number of amides is 3. The average molecular weight is 369 g/mol. The van der Waals surface area contributed by atoms with Crippen molar-refractivity contribution in [2.75, 3.05) is 31.5 Å². The lowest BCUT2D eigenvalue weighted by atomic mass is 10.1. The van der Waals surface area contributed by atoms with E-state index in [1.807, 2.05) is 26.8 Å². The van der Waals surface area contributed by atoms with E-state index in [0.29, 0.717) is 43.4 Å². The van der Waals surface area contributed by atoms with Crippen LogP contribution in [0.1, 0.15) is 26.3 Å². The molecule has 2 rings (SSSR count). The van der Waals surface area contributed by atoms with Crippen LogP contribution in [0.3, 0.4) is 0 Å². The second kappa shape index (κ2) is 7.93. The van der Waals surface area contributed by atoms with Gasteiger partial charge in [-0.25, -0.2) is 9.59 Å². The topological polar surface area (TPSA) is 87.9 Å². The van der Waals surface area contributed by atoms with Gasteiger partial charge in [-0.05, 0) is 44.5 Å². The Hall–Kier alpha value is -1.99. The van der Waals surface area contributed by atoms with Crippen molar-refractivity contribution in [3.05, 3.63) is 28.8 Å². The zero-order valence-corrected chi connectivity index (χ0v) is 15.6. The van der Waals surface area contributed by atoms with E-state index in [0.717, 1.165) is 5.56 Å². The number of hydrogen-bond donors (Lipinski definition) is 2. The smallest absolute Gasteiger partial charge is 0.410 e. The van der Waals surface area contributed by atoms with Crippen molar-refractivity contribution < 1.29 is 14.3 Å². The van der Waals surface area contributed by atoms with Gasteiger partial charge in [-0.15, -0.1) is 0 Å². The number of halogens is 1. The van der Waals surface area contributed by atoms with Crippen LogP contribution in [0.5, 0.6) is 0 Å². The second-order valence-corrected chi connectivity index (χ2v) is 7.47. The summed E-state index contributed by atoms with van der Waals surface area (Å²) in [5, 5.41) is 3.21. The first-order chi connectivity index (χ1) is 11.6. The summed E-state index contributed by atoms with van der Waals surface area (Å²) in [7, 11) is 0. The van der Waals surface area contributed by atoms with Crippen LogP contribution in [0.2, 0.25) is 5.02 Å². The van der Waals surface area contributed by atoms with Crippen molar-refractivity contribution in [2.24, 2.45) is 5.73 Å². The molecule has 1 aliphatic heterocycles. The number of nitrogens with one attached hydrogen (secondary N) is 1. The first kappa shape index (κ1) is 19.3. The predicted octanol–water partition coefficient (Wildman–Crippen LogP) is 2.88. The predicted molar refractivity (Wildman–Crippen MR) is 97.7 cm³/mol. The molecule has 0 spiro atoms. The average Bonchev–Trinajstić information content (AvgIpc) is 2.48. The van der Waals surface area contributed by atoms with Crippen LogP contribution in [0.4, 0.5) is 15.3 Å². The van der Waals surface area contributed by atoms with E-state index in [1.165, 1.54) is 0 Å². The second-order valence-electron chi connectivity index (χ2n) is 7.03. The van der Waals surface area contributed by atoms with Crippen molar-refractivity contribution in [2.45, 2.75) is 32.9 Å². The molecule has 8 heteroatoms. The first-order valence-corrected chi connectivity index (χ1v) is 8.57. The highest BCUT2D eigenvalue weighted by Gasteiger charge is 2.26. The summed E-state index contributed by atoms with van der Waals surface area (Å²) in [6.45, 7) is 8.78. The minimum atomic E-state index is -0.613. The molecule has 0 unspecified atom stereocenters. The molecule has 0 atom stereocenters. The molecule has 1 saturated heterocycles. The van der Waals surface area contributed by atoms with Gasteiger partial charge in [0.1, 0.15) is 5.60 Å². The van der Waals surface area contributed by atoms with Gasteiger partial charge >= 0.3 is 12.1 Å². The Kier molecular flexibility index (Phi) is 6.13. The molecule has 1 heterocycles. The van der Waals surface area contributed by atoms with Crippen molar-refractivity contribution >= 4 is 29.4 Å². The molecule has 3 N–H and O–H groups in total. The number of nitrogens with two attached hydrogens (primary N) is 1. The molecule has 0 saturated carbocycles. The highest BCUT2D eigenvalue weighted by Crippen LogP contribution is 2.23. The summed E-state index contributed by atoms with van der Waals surface area (Å²) in [6.07, 6.45) is -0.286. The molecule has 0 bridgehead atoms. The Bertz CT molecular complexity index is 637. The third kappa shape index (κ3) is 6.10. The van der Waals surface area contributed by atoms with Gasteiger partial charge in [0.2, 0.25) is 0 Å². The zero-order valence-electron chi connectivity index (χ0n) is 14.8. The standard InChI is InChI=1S/C17H25ClN4O3/c1-17(2,3)25-16(24)22-8-6-21(7-9-22)11-12-10-13(18)4-5-14(12)20-15(19)23/h4-5,10H,6-9,11H2,1-3H3,(H3,19,20,23). The molecular weight excluding hydrogens is 344 g/mol. The number of anilines is 1.